The Morgan fingerprint density at radius 2 is 2.00 bits per heavy atom. The van der Waals surface area contributed by atoms with Crippen molar-refractivity contribution in [3.05, 3.63) is 71.8 Å². The molecule has 2 aromatic carbocycles. The van der Waals surface area contributed by atoms with E-state index in [2.05, 4.69) is 17.2 Å². The average Bonchev–Trinajstić information content (AvgIpc) is 2.64. The number of halogens is 1. The number of nitrogens with one attached hydrogen (secondary N) is 2. The molecule has 2 amide bonds. The topological polar surface area (TPSA) is 67.4 Å². The number of para-hydroxylation sites is 1. The first kappa shape index (κ1) is 19.5. The minimum absolute atomic E-state index is 0.287. The predicted octanol–water partition coefficient (Wildman–Crippen LogP) is 4.05. The van der Waals surface area contributed by atoms with E-state index < -0.39 is 6.10 Å². The fourth-order valence-electron chi connectivity index (χ4n) is 2.29. The van der Waals surface area contributed by atoms with Gasteiger partial charge in [0.05, 0.1) is 11.3 Å². The molecule has 0 radical (unpaired) electrons. The van der Waals surface area contributed by atoms with Gasteiger partial charge in [0.25, 0.3) is 11.8 Å². The molecule has 0 aliphatic carbocycles. The van der Waals surface area contributed by atoms with Crippen molar-refractivity contribution in [2.24, 2.45) is 0 Å². The lowest BCUT2D eigenvalue weighted by molar-refractivity contribution is -0.122. The molecule has 0 spiro atoms. The number of amides is 2. The zero-order chi connectivity index (χ0) is 18.9. The quantitative estimate of drug-likeness (QED) is 0.687. The van der Waals surface area contributed by atoms with Crippen molar-refractivity contribution in [1.82, 2.24) is 5.32 Å². The summed E-state index contributed by atoms with van der Waals surface area (Å²) in [6, 6.07) is 13.7. The normalized spacial score (nSPS) is 11.3. The molecule has 2 rings (SSSR count). The number of carbonyl (C=O) groups excluding carboxylic acids is 2. The molecule has 0 bridgehead atoms. The van der Waals surface area contributed by atoms with Crippen LogP contribution in [0.15, 0.2) is 61.2 Å². The van der Waals surface area contributed by atoms with Gasteiger partial charge >= 0.3 is 0 Å². The molecule has 1 atom stereocenters. The maximum atomic E-state index is 12.6. The average molecular weight is 373 g/mol. The minimum Gasteiger partial charge on any atom is -0.481 e. The summed E-state index contributed by atoms with van der Waals surface area (Å²) >= 11 is 5.95. The van der Waals surface area contributed by atoms with E-state index in [0.29, 0.717) is 35.0 Å². The highest BCUT2D eigenvalue weighted by Gasteiger charge is 2.21. The van der Waals surface area contributed by atoms with Crippen LogP contribution in [0.5, 0.6) is 5.75 Å². The summed E-state index contributed by atoms with van der Waals surface area (Å²) < 4.78 is 5.73. The first-order chi connectivity index (χ1) is 12.5. The molecule has 0 aliphatic heterocycles. The summed E-state index contributed by atoms with van der Waals surface area (Å²) in [5, 5.41) is 6.00. The van der Waals surface area contributed by atoms with E-state index in [9.17, 15) is 9.59 Å². The number of rotatable bonds is 8. The molecule has 0 heterocycles. The van der Waals surface area contributed by atoms with Crippen molar-refractivity contribution in [3.63, 3.8) is 0 Å². The molecular weight excluding hydrogens is 352 g/mol. The van der Waals surface area contributed by atoms with E-state index in [-0.39, 0.29) is 11.8 Å². The third kappa shape index (κ3) is 5.36. The maximum Gasteiger partial charge on any atom is 0.265 e. The van der Waals surface area contributed by atoms with Crippen LogP contribution in [-0.2, 0) is 4.79 Å². The molecule has 26 heavy (non-hydrogen) atoms. The second kappa shape index (κ2) is 9.63. The molecule has 0 aliphatic rings. The Morgan fingerprint density at radius 1 is 1.23 bits per heavy atom. The number of anilines is 1. The number of hydrogen-bond acceptors (Lipinski definition) is 3. The molecule has 0 saturated carbocycles. The largest absolute Gasteiger partial charge is 0.481 e. The highest BCUT2D eigenvalue weighted by molar-refractivity contribution is 6.30. The number of benzene rings is 2. The highest BCUT2D eigenvalue weighted by Crippen LogP contribution is 2.21. The number of carbonyl (C=O) groups is 2. The van der Waals surface area contributed by atoms with Gasteiger partial charge in [-0.3, -0.25) is 9.59 Å². The van der Waals surface area contributed by atoms with Gasteiger partial charge in [0.15, 0.2) is 6.10 Å². The summed E-state index contributed by atoms with van der Waals surface area (Å²) in [4.78, 5) is 24.8. The molecule has 0 saturated heterocycles. The number of hydrogen-bond donors (Lipinski definition) is 2. The van der Waals surface area contributed by atoms with E-state index in [1.54, 1.807) is 54.6 Å². The molecule has 6 heteroatoms. The van der Waals surface area contributed by atoms with Gasteiger partial charge in [-0.25, -0.2) is 0 Å². The van der Waals surface area contributed by atoms with Gasteiger partial charge in [-0.05, 0) is 36.8 Å². The van der Waals surface area contributed by atoms with Crippen molar-refractivity contribution < 1.29 is 14.3 Å². The van der Waals surface area contributed by atoms with Gasteiger partial charge in [0, 0.05) is 11.6 Å². The third-order valence-electron chi connectivity index (χ3n) is 3.57. The fourth-order valence-corrected chi connectivity index (χ4v) is 2.47. The second-order valence-corrected chi connectivity index (χ2v) is 5.94. The summed E-state index contributed by atoms with van der Waals surface area (Å²) in [5.74, 6) is -0.113. The summed E-state index contributed by atoms with van der Waals surface area (Å²) in [6.07, 6.45) is 1.34. The third-order valence-corrected chi connectivity index (χ3v) is 3.81. The van der Waals surface area contributed by atoms with E-state index in [4.69, 9.17) is 16.3 Å². The van der Waals surface area contributed by atoms with E-state index in [0.717, 1.165) is 0 Å². The van der Waals surface area contributed by atoms with Crippen LogP contribution >= 0.6 is 11.6 Å². The summed E-state index contributed by atoms with van der Waals surface area (Å²) in [7, 11) is 0. The van der Waals surface area contributed by atoms with Crippen LogP contribution in [0, 0.1) is 0 Å². The first-order valence-corrected chi connectivity index (χ1v) is 8.64. The predicted molar refractivity (Wildman–Crippen MR) is 104 cm³/mol. The van der Waals surface area contributed by atoms with Crippen molar-refractivity contribution in [3.8, 4) is 5.75 Å². The van der Waals surface area contributed by atoms with Gasteiger partial charge in [-0.1, -0.05) is 42.8 Å². The lowest BCUT2D eigenvalue weighted by atomic mass is 10.1. The Bertz CT molecular complexity index is 792. The lowest BCUT2D eigenvalue weighted by Gasteiger charge is -2.18. The molecule has 0 fully saturated rings. The van der Waals surface area contributed by atoms with Crippen molar-refractivity contribution in [2.45, 2.75) is 19.4 Å². The van der Waals surface area contributed by atoms with Crippen LogP contribution in [0.4, 0.5) is 5.69 Å². The second-order valence-electron chi connectivity index (χ2n) is 5.51. The highest BCUT2D eigenvalue weighted by atomic mass is 35.5. The van der Waals surface area contributed by atoms with E-state index in [1.165, 1.54) is 0 Å². The van der Waals surface area contributed by atoms with Gasteiger partial charge in [0.2, 0.25) is 0 Å². The Labute approximate surface area is 158 Å². The van der Waals surface area contributed by atoms with Crippen LogP contribution in [0.2, 0.25) is 5.02 Å². The first-order valence-electron chi connectivity index (χ1n) is 8.26. The maximum absolute atomic E-state index is 12.6. The Kier molecular flexibility index (Phi) is 7.24. The van der Waals surface area contributed by atoms with Crippen LogP contribution in [0.3, 0.4) is 0 Å². The zero-order valence-electron chi connectivity index (χ0n) is 14.5. The summed E-state index contributed by atoms with van der Waals surface area (Å²) in [5.41, 5.74) is 0.799. The van der Waals surface area contributed by atoms with Crippen molar-refractivity contribution in [1.29, 1.82) is 0 Å². The van der Waals surface area contributed by atoms with Gasteiger partial charge in [0.1, 0.15) is 5.75 Å². The zero-order valence-corrected chi connectivity index (χ0v) is 15.3. The molecule has 2 aromatic rings. The standard InChI is InChI=1S/C20H21ClN2O3/c1-3-12-22-19(24)16-10-5-6-11-17(16)23-20(25)18(4-2)26-15-9-7-8-14(21)13-15/h3,5-11,13,18H,1,4,12H2,2H3,(H,22,24)(H,23,25)/t18-/m0/s1. The van der Waals surface area contributed by atoms with Gasteiger partial charge < -0.3 is 15.4 Å². The van der Waals surface area contributed by atoms with Crippen LogP contribution in [0.1, 0.15) is 23.7 Å². The van der Waals surface area contributed by atoms with Crippen LogP contribution in [0.25, 0.3) is 0 Å². The SMILES string of the molecule is C=CCNC(=O)c1ccccc1NC(=O)[C@H](CC)Oc1cccc(Cl)c1. The van der Waals surface area contributed by atoms with Crippen molar-refractivity contribution in [2.75, 3.05) is 11.9 Å². The fraction of sp³-hybridized carbons (Fsp3) is 0.200. The van der Waals surface area contributed by atoms with Crippen molar-refractivity contribution >= 4 is 29.1 Å². The molecule has 2 N–H and O–H groups in total. The molecule has 5 nitrogen and oxygen atoms in total. The van der Waals surface area contributed by atoms with Crippen LogP contribution < -0.4 is 15.4 Å². The monoisotopic (exact) mass is 372 g/mol. The minimum atomic E-state index is -0.710. The molecule has 136 valence electrons. The molecular formula is C20H21ClN2O3. The van der Waals surface area contributed by atoms with Gasteiger partial charge in [-0.2, -0.15) is 0 Å². The van der Waals surface area contributed by atoms with E-state index >= 15 is 0 Å². The van der Waals surface area contributed by atoms with Gasteiger partial charge in [-0.15, -0.1) is 6.58 Å². The smallest absolute Gasteiger partial charge is 0.265 e. The Morgan fingerprint density at radius 3 is 2.69 bits per heavy atom. The lowest BCUT2D eigenvalue weighted by Crippen LogP contribution is -2.33. The molecule has 0 aromatic heterocycles. The number of ether oxygens (including phenoxy) is 1. The molecule has 0 unspecified atom stereocenters. The van der Waals surface area contributed by atoms with E-state index in [1.807, 2.05) is 6.92 Å². The summed E-state index contributed by atoms with van der Waals surface area (Å²) in [6.45, 7) is 5.76. The Hall–Kier alpha value is -2.79. The van der Waals surface area contributed by atoms with Crippen LogP contribution in [-0.4, -0.2) is 24.5 Å². The Balaban J connectivity index is 2.12.